The van der Waals surface area contributed by atoms with Gasteiger partial charge in [-0.05, 0) is 52.7 Å². The zero-order valence-corrected chi connectivity index (χ0v) is 19.8. The zero-order valence-electron chi connectivity index (χ0n) is 19.8. The largest absolute Gasteiger partial charge is 0.467 e. The van der Waals surface area contributed by atoms with E-state index in [2.05, 4.69) is 10.3 Å². The molecule has 0 unspecified atom stereocenters. The SMILES string of the molecule is COC(=O)[C@H]1CCCN1C(=O)[C@H](Cc1cn(-c2ccc(C)cc2)cn1)NC(=O)OC(C)(C)C. The van der Waals surface area contributed by atoms with Crippen molar-refractivity contribution in [2.24, 2.45) is 0 Å². The maximum absolute atomic E-state index is 13.4. The highest BCUT2D eigenvalue weighted by atomic mass is 16.6. The van der Waals surface area contributed by atoms with E-state index in [1.165, 1.54) is 12.0 Å². The molecule has 0 aliphatic carbocycles. The van der Waals surface area contributed by atoms with Gasteiger partial charge in [0.1, 0.15) is 17.7 Å². The molecule has 0 saturated carbocycles. The minimum atomic E-state index is -0.938. The number of amides is 2. The average Bonchev–Trinajstić information content (AvgIpc) is 3.41. The van der Waals surface area contributed by atoms with Crippen molar-refractivity contribution in [3.8, 4) is 5.69 Å². The lowest BCUT2D eigenvalue weighted by atomic mass is 10.1. The van der Waals surface area contributed by atoms with E-state index in [0.29, 0.717) is 25.1 Å². The molecule has 1 aliphatic heterocycles. The Kier molecular flexibility index (Phi) is 7.40. The van der Waals surface area contributed by atoms with E-state index >= 15 is 0 Å². The van der Waals surface area contributed by atoms with Gasteiger partial charge in [-0.3, -0.25) is 4.79 Å². The molecule has 1 aliphatic rings. The summed E-state index contributed by atoms with van der Waals surface area (Å²) in [5.74, 6) is -0.820. The summed E-state index contributed by atoms with van der Waals surface area (Å²) in [5.41, 5.74) is 2.00. The highest BCUT2D eigenvalue weighted by molar-refractivity contribution is 5.90. The van der Waals surface area contributed by atoms with E-state index < -0.39 is 29.7 Å². The number of methoxy groups -OCH3 is 1. The highest BCUT2D eigenvalue weighted by Crippen LogP contribution is 2.21. The second-order valence-corrected chi connectivity index (χ2v) is 9.22. The molecule has 2 atom stereocenters. The number of likely N-dealkylation sites (tertiary alicyclic amines) is 1. The summed E-state index contributed by atoms with van der Waals surface area (Å²) >= 11 is 0. The van der Waals surface area contributed by atoms with Gasteiger partial charge in [0.15, 0.2) is 0 Å². The molecule has 178 valence electrons. The third-order valence-electron chi connectivity index (χ3n) is 5.38. The fourth-order valence-corrected chi connectivity index (χ4v) is 3.80. The Labute approximate surface area is 194 Å². The highest BCUT2D eigenvalue weighted by Gasteiger charge is 2.39. The quantitative estimate of drug-likeness (QED) is 0.671. The van der Waals surface area contributed by atoms with Gasteiger partial charge in [0.2, 0.25) is 5.91 Å². The van der Waals surface area contributed by atoms with Gasteiger partial charge < -0.3 is 24.3 Å². The summed E-state index contributed by atoms with van der Waals surface area (Å²) in [6.07, 6.45) is 4.16. The van der Waals surface area contributed by atoms with E-state index in [9.17, 15) is 14.4 Å². The maximum atomic E-state index is 13.4. The van der Waals surface area contributed by atoms with E-state index in [-0.39, 0.29) is 12.3 Å². The topological polar surface area (TPSA) is 103 Å². The predicted molar refractivity (Wildman–Crippen MR) is 122 cm³/mol. The molecule has 1 N–H and O–H groups in total. The van der Waals surface area contributed by atoms with E-state index in [0.717, 1.165) is 11.3 Å². The molecule has 0 spiro atoms. The van der Waals surface area contributed by atoms with Gasteiger partial charge in [0.25, 0.3) is 0 Å². The Hall–Kier alpha value is -3.36. The second-order valence-electron chi connectivity index (χ2n) is 9.22. The number of esters is 1. The van der Waals surface area contributed by atoms with Crippen molar-refractivity contribution >= 4 is 18.0 Å². The first-order valence-corrected chi connectivity index (χ1v) is 11.0. The van der Waals surface area contributed by atoms with Crippen molar-refractivity contribution in [1.29, 1.82) is 0 Å². The molecule has 1 fully saturated rings. The molecular weight excluding hydrogens is 424 g/mol. The third kappa shape index (κ3) is 6.34. The normalized spacial score (nSPS) is 16.9. The summed E-state index contributed by atoms with van der Waals surface area (Å²) in [6, 6.07) is 6.38. The van der Waals surface area contributed by atoms with Crippen LogP contribution in [0.2, 0.25) is 0 Å². The number of hydrogen-bond acceptors (Lipinski definition) is 6. The molecule has 2 aromatic rings. The summed E-state index contributed by atoms with van der Waals surface area (Å²) < 4.78 is 12.1. The standard InChI is InChI=1S/C24H32N4O5/c1-16-8-10-18(11-9-16)27-14-17(25-15-27)13-19(26-23(31)33-24(2,3)4)21(29)28-12-6-7-20(28)22(30)32-5/h8-11,14-15,19-20H,6-7,12-13H2,1-5H3,(H,26,31)/t19-,20+/m0/s1. The van der Waals surface area contributed by atoms with Crippen LogP contribution in [0.4, 0.5) is 4.79 Å². The maximum Gasteiger partial charge on any atom is 0.408 e. The molecule has 2 heterocycles. The third-order valence-corrected chi connectivity index (χ3v) is 5.38. The Morgan fingerprint density at radius 3 is 2.55 bits per heavy atom. The fourth-order valence-electron chi connectivity index (χ4n) is 3.80. The number of carbonyl (C=O) groups is 3. The van der Waals surface area contributed by atoms with Gasteiger partial charge in [-0.15, -0.1) is 0 Å². The summed E-state index contributed by atoms with van der Waals surface area (Å²) in [7, 11) is 1.30. The van der Waals surface area contributed by atoms with Crippen LogP contribution in [0.3, 0.4) is 0 Å². The molecule has 0 radical (unpaired) electrons. The number of nitrogens with zero attached hydrogens (tertiary/aromatic N) is 3. The predicted octanol–water partition coefficient (Wildman–Crippen LogP) is 2.78. The first-order chi connectivity index (χ1) is 15.6. The van der Waals surface area contributed by atoms with Crippen LogP contribution >= 0.6 is 0 Å². The first-order valence-electron chi connectivity index (χ1n) is 11.0. The Morgan fingerprint density at radius 2 is 1.91 bits per heavy atom. The lowest BCUT2D eigenvalue weighted by Crippen LogP contribution is -2.53. The summed E-state index contributed by atoms with van der Waals surface area (Å²) in [5, 5.41) is 2.68. The molecule has 1 aromatic carbocycles. The number of imidazole rings is 1. The molecule has 33 heavy (non-hydrogen) atoms. The van der Waals surface area contributed by atoms with Gasteiger partial charge in [-0.2, -0.15) is 0 Å². The Morgan fingerprint density at radius 1 is 1.21 bits per heavy atom. The zero-order chi connectivity index (χ0) is 24.2. The number of hydrogen-bond donors (Lipinski definition) is 1. The molecule has 0 bridgehead atoms. The second kappa shape index (κ2) is 10.1. The number of alkyl carbamates (subject to hydrolysis) is 1. The molecular formula is C24H32N4O5. The van der Waals surface area contributed by atoms with Crippen LogP contribution in [0, 0.1) is 6.92 Å². The molecule has 9 nitrogen and oxygen atoms in total. The number of nitrogens with one attached hydrogen (secondary N) is 1. The minimum absolute atomic E-state index is 0.154. The van der Waals surface area contributed by atoms with E-state index in [1.807, 2.05) is 42.0 Å². The summed E-state index contributed by atoms with van der Waals surface area (Å²) in [4.78, 5) is 44.0. The molecule has 2 amide bonds. The fraction of sp³-hybridized carbons (Fsp3) is 0.500. The van der Waals surface area contributed by atoms with Gasteiger partial charge in [0, 0.05) is 24.8 Å². The van der Waals surface area contributed by atoms with Crippen LogP contribution in [-0.4, -0.2) is 63.8 Å². The smallest absolute Gasteiger partial charge is 0.408 e. The van der Waals surface area contributed by atoms with Crippen LogP contribution in [0.25, 0.3) is 5.69 Å². The van der Waals surface area contributed by atoms with Crippen molar-refractivity contribution in [2.45, 2.75) is 64.6 Å². The lowest BCUT2D eigenvalue weighted by molar-refractivity contribution is -0.151. The van der Waals surface area contributed by atoms with E-state index in [1.54, 1.807) is 27.1 Å². The summed E-state index contributed by atoms with van der Waals surface area (Å²) in [6.45, 7) is 7.69. The minimum Gasteiger partial charge on any atom is -0.467 e. The Balaban J connectivity index is 1.81. The van der Waals surface area contributed by atoms with Crippen molar-refractivity contribution in [2.75, 3.05) is 13.7 Å². The number of aryl methyl sites for hydroxylation is 1. The van der Waals surface area contributed by atoms with Gasteiger partial charge in [-0.1, -0.05) is 17.7 Å². The van der Waals surface area contributed by atoms with Gasteiger partial charge >= 0.3 is 12.1 Å². The van der Waals surface area contributed by atoms with Crippen molar-refractivity contribution in [1.82, 2.24) is 19.8 Å². The van der Waals surface area contributed by atoms with Crippen molar-refractivity contribution in [3.63, 3.8) is 0 Å². The van der Waals surface area contributed by atoms with Gasteiger partial charge in [0.05, 0.1) is 19.1 Å². The molecule has 1 saturated heterocycles. The Bertz CT molecular complexity index is 993. The number of rotatable bonds is 6. The number of carbonyl (C=O) groups excluding carboxylic acids is 3. The van der Waals surface area contributed by atoms with Crippen molar-refractivity contribution < 1.29 is 23.9 Å². The monoisotopic (exact) mass is 456 g/mol. The molecule has 1 aromatic heterocycles. The first kappa shape index (κ1) is 24.3. The average molecular weight is 457 g/mol. The van der Waals surface area contributed by atoms with E-state index in [4.69, 9.17) is 9.47 Å². The molecule has 3 rings (SSSR count). The number of benzene rings is 1. The van der Waals surface area contributed by atoms with Gasteiger partial charge in [-0.25, -0.2) is 14.6 Å². The van der Waals surface area contributed by atoms with Crippen LogP contribution in [-0.2, 0) is 25.5 Å². The van der Waals surface area contributed by atoms with Crippen LogP contribution in [0.5, 0.6) is 0 Å². The van der Waals surface area contributed by atoms with Crippen molar-refractivity contribution in [3.05, 3.63) is 48.0 Å². The lowest BCUT2D eigenvalue weighted by Gasteiger charge is -2.28. The van der Waals surface area contributed by atoms with Crippen LogP contribution in [0.15, 0.2) is 36.8 Å². The number of aromatic nitrogens is 2. The van der Waals surface area contributed by atoms with Crippen LogP contribution < -0.4 is 5.32 Å². The molecule has 9 heteroatoms. The number of ether oxygens (including phenoxy) is 2. The van der Waals surface area contributed by atoms with Crippen LogP contribution in [0.1, 0.15) is 44.9 Å².